The van der Waals surface area contributed by atoms with Gasteiger partial charge in [0.2, 0.25) is 0 Å². The molecule has 0 unspecified atom stereocenters. The maximum absolute atomic E-state index is 6.58. The number of hydrogen-bond donors (Lipinski definition) is 0. The number of para-hydroxylation sites is 1. The lowest BCUT2D eigenvalue weighted by molar-refractivity contribution is 0.00578. The van der Waals surface area contributed by atoms with Crippen molar-refractivity contribution in [3.63, 3.8) is 0 Å². The molecule has 2 aromatic heterocycles. The van der Waals surface area contributed by atoms with E-state index in [9.17, 15) is 0 Å². The van der Waals surface area contributed by atoms with Gasteiger partial charge in [0.05, 0.1) is 22.6 Å². The zero-order valence-corrected chi connectivity index (χ0v) is 26.3. The number of nitrogens with zero attached hydrogens (tertiary/aromatic N) is 2. The quantitative estimate of drug-likeness (QED) is 0.184. The molecule has 0 atom stereocenters. The van der Waals surface area contributed by atoms with Crippen LogP contribution in [0.3, 0.4) is 0 Å². The number of fused-ring (bicyclic) bond motifs is 3. The van der Waals surface area contributed by atoms with Gasteiger partial charge >= 0.3 is 7.12 Å². The van der Waals surface area contributed by atoms with Gasteiger partial charge in [-0.2, -0.15) is 0 Å². The standard InChI is InChI=1S/C40H33BN2O3/c1-39(2)40(3,4)46-41(45-39)31-23-24-35-37(30-17-11-12-18-34(30)44-35)36(31)28-21-19-27(20-22-28)33-25-32(26-13-7-5-8-14-26)42-38(43-33)29-15-9-6-10-16-29/h5-25H,1-4H3. The summed E-state index contributed by atoms with van der Waals surface area (Å²) in [7, 11) is -0.526. The molecule has 0 radical (unpaired) electrons. The normalized spacial score (nSPS) is 15.5. The summed E-state index contributed by atoms with van der Waals surface area (Å²) < 4.78 is 19.5. The molecule has 0 amide bonds. The number of benzene rings is 5. The Morgan fingerprint density at radius 1 is 0.522 bits per heavy atom. The number of hydrogen-bond acceptors (Lipinski definition) is 5. The van der Waals surface area contributed by atoms with Crippen molar-refractivity contribution in [2.24, 2.45) is 0 Å². The zero-order valence-electron chi connectivity index (χ0n) is 26.3. The Balaban J connectivity index is 1.28. The summed E-state index contributed by atoms with van der Waals surface area (Å²) in [6.07, 6.45) is 0. The molecule has 0 N–H and O–H groups in total. The first-order valence-electron chi connectivity index (χ1n) is 15.7. The molecule has 7 aromatic rings. The van der Waals surface area contributed by atoms with Gasteiger partial charge in [-0.25, -0.2) is 9.97 Å². The van der Waals surface area contributed by atoms with Crippen molar-refractivity contribution >= 4 is 34.5 Å². The molecule has 1 aliphatic heterocycles. The average Bonchev–Trinajstić information content (AvgIpc) is 3.57. The largest absolute Gasteiger partial charge is 0.495 e. The smallest absolute Gasteiger partial charge is 0.456 e. The Bertz CT molecular complexity index is 2130. The van der Waals surface area contributed by atoms with Crippen molar-refractivity contribution in [1.82, 2.24) is 9.97 Å². The van der Waals surface area contributed by atoms with E-state index in [-0.39, 0.29) is 0 Å². The fraction of sp³-hybridized carbons (Fsp3) is 0.150. The summed E-state index contributed by atoms with van der Waals surface area (Å²) in [6, 6.07) is 43.3. The van der Waals surface area contributed by atoms with Crippen molar-refractivity contribution in [3.8, 4) is 45.0 Å². The van der Waals surface area contributed by atoms with Gasteiger partial charge in [0.1, 0.15) is 11.2 Å². The lowest BCUT2D eigenvalue weighted by Gasteiger charge is -2.32. The predicted molar refractivity (Wildman–Crippen MR) is 187 cm³/mol. The summed E-state index contributed by atoms with van der Waals surface area (Å²) in [4.78, 5) is 9.98. The van der Waals surface area contributed by atoms with Gasteiger partial charge in [-0.15, -0.1) is 0 Å². The highest BCUT2D eigenvalue weighted by Gasteiger charge is 2.52. The van der Waals surface area contributed by atoms with Crippen LogP contribution in [-0.2, 0) is 9.31 Å². The minimum Gasteiger partial charge on any atom is -0.456 e. The van der Waals surface area contributed by atoms with Gasteiger partial charge in [-0.1, -0.05) is 109 Å². The maximum atomic E-state index is 6.58. The number of rotatable bonds is 5. The summed E-state index contributed by atoms with van der Waals surface area (Å²) in [5, 5.41) is 2.11. The van der Waals surface area contributed by atoms with E-state index in [4.69, 9.17) is 23.7 Å². The molecule has 6 heteroatoms. The van der Waals surface area contributed by atoms with Gasteiger partial charge in [-0.05, 0) is 62.5 Å². The Hall–Kier alpha value is -5.04. The molecule has 8 rings (SSSR count). The van der Waals surface area contributed by atoms with Crippen molar-refractivity contribution in [3.05, 3.63) is 127 Å². The Labute approximate surface area is 269 Å². The Morgan fingerprint density at radius 2 is 1.07 bits per heavy atom. The molecule has 5 aromatic carbocycles. The fourth-order valence-corrected chi connectivity index (χ4v) is 6.19. The molecule has 0 bridgehead atoms. The second-order valence-corrected chi connectivity index (χ2v) is 12.9. The highest BCUT2D eigenvalue weighted by molar-refractivity contribution is 6.64. The molecule has 1 fully saturated rings. The summed E-state index contributed by atoms with van der Waals surface area (Å²) in [5.74, 6) is 0.693. The van der Waals surface area contributed by atoms with Crippen molar-refractivity contribution in [1.29, 1.82) is 0 Å². The van der Waals surface area contributed by atoms with Crippen LogP contribution in [0.2, 0.25) is 0 Å². The van der Waals surface area contributed by atoms with Crippen LogP contribution in [0.5, 0.6) is 0 Å². The van der Waals surface area contributed by atoms with Crippen LogP contribution in [0, 0.1) is 0 Å². The molecule has 1 saturated heterocycles. The molecule has 5 nitrogen and oxygen atoms in total. The highest BCUT2D eigenvalue weighted by atomic mass is 16.7. The predicted octanol–water partition coefficient (Wildman–Crippen LogP) is 9.34. The molecular weight excluding hydrogens is 567 g/mol. The van der Waals surface area contributed by atoms with E-state index in [0.717, 1.165) is 66.6 Å². The SMILES string of the molecule is CC1(C)OB(c2ccc3oc4ccccc4c3c2-c2ccc(-c3cc(-c4ccccc4)nc(-c4ccccc4)n3)cc2)OC1(C)C. The number of aromatic nitrogens is 2. The average molecular weight is 601 g/mol. The first-order valence-corrected chi connectivity index (χ1v) is 15.7. The van der Waals surface area contributed by atoms with Crippen LogP contribution in [0.4, 0.5) is 0 Å². The van der Waals surface area contributed by atoms with Gasteiger partial charge in [0.25, 0.3) is 0 Å². The third-order valence-corrected chi connectivity index (χ3v) is 9.38. The Morgan fingerprint density at radius 3 is 1.72 bits per heavy atom. The topological polar surface area (TPSA) is 57.4 Å². The molecule has 224 valence electrons. The van der Waals surface area contributed by atoms with E-state index < -0.39 is 18.3 Å². The monoisotopic (exact) mass is 600 g/mol. The molecule has 3 heterocycles. The molecule has 0 spiro atoms. The van der Waals surface area contributed by atoms with Crippen LogP contribution >= 0.6 is 0 Å². The second kappa shape index (κ2) is 10.8. The first-order chi connectivity index (χ1) is 22.3. The van der Waals surface area contributed by atoms with Crippen molar-refractivity contribution in [2.75, 3.05) is 0 Å². The van der Waals surface area contributed by atoms with Crippen LogP contribution in [0.15, 0.2) is 132 Å². The summed E-state index contributed by atoms with van der Waals surface area (Å²) >= 11 is 0. The lowest BCUT2D eigenvalue weighted by Crippen LogP contribution is -2.41. The highest BCUT2D eigenvalue weighted by Crippen LogP contribution is 2.41. The van der Waals surface area contributed by atoms with E-state index in [1.807, 2.05) is 66.7 Å². The zero-order chi connectivity index (χ0) is 31.5. The van der Waals surface area contributed by atoms with Gasteiger partial charge in [-0.3, -0.25) is 0 Å². The maximum Gasteiger partial charge on any atom is 0.495 e. The van der Waals surface area contributed by atoms with E-state index in [1.165, 1.54) is 0 Å². The molecule has 1 aliphatic rings. The molecule has 46 heavy (non-hydrogen) atoms. The Kier molecular flexibility index (Phi) is 6.68. The first kappa shape index (κ1) is 28.4. The number of furan rings is 1. The van der Waals surface area contributed by atoms with Gasteiger partial charge in [0.15, 0.2) is 5.82 Å². The van der Waals surface area contributed by atoms with E-state index in [0.29, 0.717) is 5.82 Å². The third-order valence-electron chi connectivity index (χ3n) is 9.38. The molecular formula is C40H33BN2O3. The van der Waals surface area contributed by atoms with Gasteiger partial charge < -0.3 is 13.7 Å². The lowest BCUT2D eigenvalue weighted by atomic mass is 9.73. The van der Waals surface area contributed by atoms with Gasteiger partial charge in [0, 0.05) is 27.5 Å². The summed E-state index contributed by atoms with van der Waals surface area (Å²) in [6.45, 7) is 8.34. The van der Waals surface area contributed by atoms with E-state index in [1.54, 1.807) is 0 Å². The minimum absolute atomic E-state index is 0.466. The van der Waals surface area contributed by atoms with Crippen molar-refractivity contribution in [2.45, 2.75) is 38.9 Å². The van der Waals surface area contributed by atoms with Crippen molar-refractivity contribution < 1.29 is 13.7 Å². The summed E-state index contributed by atoms with van der Waals surface area (Å²) in [5.41, 5.74) is 8.58. The van der Waals surface area contributed by atoms with Crippen LogP contribution in [0.1, 0.15) is 27.7 Å². The fourth-order valence-electron chi connectivity index (χ4n) is 6.19. The van der Waals surface area contributed by atoms with Crippen LogP contribution in [-0.4, -0.2) is 28.3 Å². The van der Waals surface area contributed by atoms with Crippen LogP contribution < -0.4 is 5.46 Å². The van der Waals surface area contributed by atoms with Crippen LogP contribution in [0.25, 0.3) is 67.0 Å². The third kappa shape index (κ3) is 4.82. The minimum atomic E-state index is -0.526. The second-order valence-electron chi connectivity index (χ2n) is 12.9. The molecule has 0 saturated carbocycles. The van der Waals surface area contributed by atoms with E-state index >= 15 is 0 Å². The van der Waals surface area contributed by atoms with E-state index in [2.05, 4.69) is 88.4 Å². The molecule has 0 aliphatic carbocycles.